The van der Waals surface area contributed by atoms with Crippen molar-refractivity contribution in [2.75, 3.05) is 13.2 Å². The number of carbonyl (C=O) groups excluding carboxylic acids is 2. The van der Waals surface area contributed by atoms with E-state index in [9.17, 15) is 24.2 Å². The first-order valence-corrected chi connectivity index (χ1v) is 8.69. The van der Waals surface area contributed by atoms with Crippen LogP contribution in [0.1, 0.15) is 34.5 Å². The second-order valence-corrected chi connectivity index (χ2v) is 5.91. The van der Waals surface area contributed by atoms with E-state index in [4.69, 9.17) is 9.47 Å². The van der Waals surface area contributed by atoms with Crippen LogP contribution >= 0.6 is 0 Å². The number of amides is 1. The number of rotatable bonds is 8. The van der Waals surface area contributed by atoms with E-state index in [2.05, 4.69) is 5.32 Å². The highest BCUT2D eigenvalue weighted by atomic mass is 19.1. The number of hydrogen-bond acceptors (Lipinski definition) is 6. The van der Waals surface area contributed by atoms with Gasteiger partial charge in [0.05, 0.1) is 12.2 Å². The van der Waals surface area contributed by atoms with E-state index < -0.39 is 30.1 Å². The molecule has 0 aliphatic heterocycles. The molecule has 0 aliphatic carbocycles. The van der Waals surface area contributed by atoms with Gasteiger partial charge in [0.1, 0.15) is 24.6 Å². The molecular weight excluding hydrogens is 369 g/mol. The number of carbonyl (C=O) groups is 2. The summed E-state index contributed by atoms with van der Waals surface area (Å²) in [7, 11) is 0. The molecule has 150 valence electrons. The van der Waals surface area contributed by atoms with Gasteiger partial charge in [-0.2, -0.15) is 0 Å². The smallest absolute Gasteiger partial charge is 0.407 e. The minimum absolute atomic E-state index is 0.0617. The Labute approximate surface area is 161 Å². The van der Waals surface area contributed by atoms with Gasteiger partial charge < -0.3 is 25.0 Å². The lowest BCUT2D eigenvalue weighted by molar-refractivity contribution is 0.0182. The Morgan fingerprint density at radius 3 is 2.50 bits per heavy atom. The maximum absolute atomic E-state index is 13.8. The van der Waals surface area contributed by atoms with Crippen LogP contribution in [0.2, 0.25) is 0 Å². The summed E-state index contributed by atoms with van der Waals surface area (Å²) in [6, 6.07) is 12.4. The molecule has 3 N–H and O–H groups in total. The van der Waals surface area contributed by atoms with Crippen molar-refractivity contribution < 1.29 is 33.7 Å². The van der Waals surface area contributed by atoms with Gasteiger partial charge in [-0.3, -0.25) is 0 Å². The molecule has 2 aromatic rings. The van der Waals surface area contributed by atoms with Crippen molar-refractivity contribution in [1.82, 2.24) is 5.32 Å². The number of esters is 1. The van der Waals surface area contributed by atoms with Crippen LogP contribution in [0.5, 0.6) is 0 Å². The zero-order chi connectivity index (χ0) is 20.5. The highest BCUT2D eigenvalue weighted by Gasteiger charge is 2.22. The number of aliphatic hydroxyl groups is 2. The Kier molecular flexibility index (Phi) is 7.91. The zero-order valence-corrected chi connectivity index (χ0v) is 15.3. The Hall–Kier alpha value is -2.97. The molecule has 7 nitrogen and oxygen atoms in total. The maximum atomic E-state index is 13.8. The Morgan fingerprint density at radius 1 is 1.11 bits per heavy atom. The third kappa shape index (κ3) is 6.04. The van der Waals surface area contributed by atoms with Crippen molar-refractivity contribution in [1.29, 1.82) is 0 Å². The normalized spacial score (nSPS) is 12.7. The van der Waals surface area contributed by atoms with E-state index in [0.29, 0.717) is 0 Å². The summed E-state index contributed by atoms with van der Waals surface area (Å²) in [5, 5.41) is 22.6. The molecule has 2 unspecified atom stereocenters. The van der Waals surface area contributed by atoms with Crippen molar-refractivity contribution >= 4 is 12.1 Å². The molecule has 0 heterocycles. The lowest BCUT2D eigenvalue weighted by Gasteiger charge is -2.19. The largest absolute Gasteiger partial charge is 0.462 e. The van der Waals surface area contributed by atoms with Gasteiger partial charge in [-0.15, -0.1) is 0 Å². The number of nitrogens with one attached hydrogen (secondary N) is 1. The SMILES string of the molecule is CCOC(=O)c1cc(C(O)C(O)CNC(=O)OCc2ccccc2)ccc1F. The molecule has 0 fully saturated rings. The van der Waals surface area contributed by atoms with E-state index in [-0.39, 0.29) is 30.9 Å². The summed E-state index contributed by atoms with van der Waals surface area (Å²) in [5.74, 6) is -1.67. The Balaban J connectivity index is 1.89. The average Bonchev–Trinajstić information content (AvgIpc) is 2.71. The number of alkyl carbamates (subject to hydrolysis) is 1. The van der Waals surface area contributed by atoms with Crippen LogP contribution in [-0.4, -0.2) is 41.5 Å². The maximum Gasteiger partial charge on any atom is 0.407 e. The van der Waals surface area contributed by atoms with E-state index in [1.165, 1.54) is 6.07 Å². The topological polar surface area (TPSA) is 105 Å². The van der Waals surface area contributed by atoms with Crippen LogP contribution in [0, 0.1) is 5.82 Å². The minimum Gasteiger partial charge on any atom is -0.462 e. The minimum atomic E-state index is -1.46. The van der Waals surface area contributed by atoms with Gasteiger partial charge in [-0.1, -0.05) is 36.4 Å². The second kappa shape index (κ2) is 10.4. The second-order valence-electron chi connectivity index (χ2n) is 5.91. The molecule has 0 aliphatic rings. The van der Waals surface area contributed by atoms with Crippen LogP contribution in [0.4, 0.5) is 9.18 Å². The van der Waals surface area contributed by atoms with Crippen molar-refractivity contribution in [3.63, 3.8) is 0 Å². The fraction of sp³-hybridized carbons (Fsp3) is 0.300. The molecule has 28 heavy (non-hydrogen) atoms. The molecule has 0 spiro atoms. The summed E-state index contributed by atoms with van der Waals surface area (Å²) in [5.41, 5.74) is 0.563. The first kappa shape index (κ1) is 21.3. The van der Waals surface area contributed by atoms with Crippen LogP contribution < -0.4 is 5.32 Å². The van der Waals surface area contributed by atoms with Crippen molar-refractivity contribution in [2.45, 2.75) is 25.7 Å². The predicted molar refractivity (Wildman–Crippen MR) is 98.0 cm³/mol. The number of aliphatic hydroxyl groups excluding tert-OH is 2. The summed E-state index contributed by atoms with van der Waals surface area (Å²) in [6.45, 7) is 1.41. The standard InChI is InChI=1S/C20H22FNO6/c1-2-27-19(25)15-10-14(8-9-16(15)21)18(24)17(23)11-22-20(26)28-12-13-6-4-3-5-7-13/h3-10,17-18,23-24H,2,11-12H2,1H3,(H,22,26). The van der Waals surface area contributed by atoms with Crippen LogP contribution in [0.15, 0.2) is 48.5 Å². The monoisotopic (exact) mass is 391 g/mol. The quantitative estimate of drug-likeness (QED) is 0.597. The fourth-order valence-electron chi connectivity index (χ4n) is 2.39. The fourth-order valence-corrected chi connectivity index (χ4v) is 2.39. The molecule has 0 aromatic heterocycles. The van der Waals surface area contributed by atoms with Crippen molar-refractivity contribution in [2.24, 2.45) is 0 Å². The van der Waals surface area contributed by atoms with Gasteiger partial charge in [-0.25, -0.2) is 14.0 Å². The molecule has 2 aromatic carbocycles. The third-order valence-electron chi connectivity index (χ3n) is 3.86. The van der Waals surface area contributed by atoms with Crippen LogP contribution in [-0.2, 0) is 16.1 Å². The van der Waals surface area contributed by atoms with Crippen LogP contribution in [0.3, 0.4) is 0 Å². The highest BCUT2D eigenvalue weighted by Crippen LogP contribution is 2.20. The summed E-state index contributed by atoms with van der Waals surface area (Å²) < 4.78 is 23.5. The lowest BCUT2D eigenvalue weighted by Crippen LogP contribution is -2.35. The molecule has 8 heteroatoms. The number of hydrogen-bond donors (Lipinski definition) is 3. The zero-order valence-electron chi connectivity index (χ0n) is 15.3. The van der Waals surface area contributed by atoms with E-state index in [0.717, 1.165) is 17.7 Å². The van der Waals surface area contributed by atoms with Gasteiger partial charge in [0.25, 0.3) is 0 Å². The number of ether oxygens (including phenoxy) is 2. The lowest BCUT2D eigenvalue weighted by atomic mass is 10.0. The molecule has 0 bridgehead atoms. The van der Waals surface area contributed by atoms with Gasteiger partial charge in [-0.05, 0) is 30.2 Å². The van der Waals surface area contributed by atoms with Crippen molar-refractivity contribution in [3.05, 3.63) is 71.0 Å². The summed E-state index contributed by atoms with van der Waals surface area (Å²) in [4.78, 5) is 23.4. The Bertz CT molecular complexity index is 799. The summed E-state index contributed by atoms with van der Waals surface area (Å²) >= 11 is 0. The van der Waals surface area contributed by atoms with Gasteiger partial charge >= 0.3 is 12.1 Å². The average molecular weight is 391 g/mol. The Morgan fingerprint density at radius 2 is 1.82 bits per heavy atom. The van der Waals surface area contributed by atoms with Gasteiger partial charge in [0.15, 0.2) is 0 Å². The van der Waals surface area contributed by atoms with Crippen LogP contribution in [0.25, 0.3) is 0 Å². The molecule has 2 atom stereocenters. The van der Waals surface area contributed by atoms with E-state index in [1.54, 1.807) is 19.1 Å². The molecule has 0 radical (unpaired) electrons. The first-order chi connectivity index (χ1) is 13.4. The van der Waals surface area contributed by atoms with E-state index >= 15 is 0 Å². The van der Waals surface area contributed by atoms with Crippen molar-refractivity contribution in [3.8, 4) is 0 Å². The molecular formula is C20H22FNO6. The number of halogens is 1. The molecule has 0 saturated heterocycles. The summed E-state index contributed by atoms with van der Waals surface area (Å²) in [6.07, 6.45) is -3.62. The van der Waals surface area contributed by atoms with Gasteiger partial charge in [0, 0.05) is 6.54 Å². The predicted octanol–water partition coefficient (Wildman–Crippen LogP) is 2.32. The highest BCUT2D eigenvalue weighted by molar-refractivity contribution is 5.89. The first-order valence-electron chi connectivity index (χ1n) is 8.69. The third-order valence-corrected chi connectivity index (χ3v) is 3.86. The molecule has 0 saturated carbocycles. The molecule has 1 amide bonds. The number of benzene rings is 2. The van der Waals surface area contributed by atoms with E-state index in [1.807, 2.05) is 18.2 Å². The van der Waals surface area contributed by atoms with Gasteiger partial charge in [0.2, 0.25) is 0 Å². The molecule has 2 rings (SSSR count).